The lowest BCUT2D eigenvalue weighted by Gasteiger charge is -2.14. The maximum atomic E-state index is 11.9. The molecule has 0 saturated heterocycles. The number of benzene rings is 1. The van der Waals surface area contributed by atoms with E-state index in [9.17, 15) is 4.79 Å². The van der Waals surface area contributed by atoms with Gasteiger partial charge in [0, 0.05) is 17.0 Å². The summed E-state index contributed by atoms with van der Waals surface area (Å²) in [5, 5.41) is 6.10. The maximum absolute atomic E-state index is 11.9. The Kier molecular flexibility index (Phi) is 6.70. The largest absolute Gasteiger partial charge is 0.351 e. The van der Waals surface area contributed by atoms with Crippen LogP contribution >= 0.6 is 34.5 Å². The summed E-state index contributed by atoms with van der Waals surface area (Å²) in [6, 6.07) is 9.68. The minimum absolute atomic E-state index is 0.0640. The van der Waals surface area contributed by atoms with E-state index >= 15 is 0 Å². The first-order valence-electron chi connectivity index (χ1n) is 7.09. The van der Waals surface area contributed by atoms with Crippen molar-refractivity contribution in [2.24, 2.45) is 0 Å². The van der Waals surface area contributed by atoms with Crippen LogP contribution in [0.3, 0.4) is 0 Å². The first-order valence-corrected chi connectivity index (χ1v) is 8.72. The summed E-state index contributed by atoms with van der Waals surface area (Å²) in [5.41, 5.74) is 1.07. The predicted octanol–water partition coefficient (Wildman–Crippen LogP) is 2.43. The molecule has 0 spiro atoms. The van der Waals surface area contributed by atoms with Gasteiger partial charge in [0.05, 0.1) is 17.1 Å². The lowest BCUT2D eigenvalue weighted by molar-refractivity contribution is -0.885. The molecule has 1 aromatic carbocycles. The normalized spacial score (nSPS) is 12.1. The molecular formula is C16H19Cl2N2OS+. The third-order valence-electron chi connectivity index (χ3n) is 3.23. The Morgan fingerprint density at radius 1 is 1.27 bits per heavy atom. The van der Waals surface area contributed by atoms with Gasteiger partial charge < -0.3 is 10.2 Å². The smallest absolute Gasteiger partial charge is 0.275 e. The van der Waals surface area contributed by atoms with Crippen LogP contribution in [0.25, 0.3) is 0 Å². The van der Waals surface area contributed by atoms with Crippen molar-refractivity contribution in [3.05, 3.63) is 56.2 Å². The van der Waals surface area contributed by atoms with E-state index in [0.29, 0.717) is 23.1 Å². The highest BCUT2D eigenvalue weighted by Gasteiger charge is 2.11. The maximum Gasteiger partial charge on any atom is 0.275 e. The number of quaternary nitrogens is 1. The molecular weight excluding hydrogens is 339 g/mol. The van der Waals surface area contributed by atoms with Crippen molar-refractivity contribution in [1.82, 2.24) is 5.32 Å². The number of thiophene rings is 1. The Morgan fingerprint density at radius 2 is 2.09 bits per heavy atom. The number of likely N-dealkylation sites (N-methyl/N-ethyl adjacent to an activating group) is 1. The van der Waals surface area contributed by atoms with Crippen molar-refractivity contribution < 1.29 is 9.69 Å². The number of rotatable bonds is 7. The molecule has 118 valence electrons. The second-order valence-corrected chi connectivity index (χ2v) is 7.09. The average Bonchev–Trinajstić information content (AvgIpc) is 2.96. The first kappa shape index (κ1) is 17.3. The Labute approximate surface area is 144 Å². The number of nitrogens with one attached hydrogen (secondary N) is 2. The Hall–Kier alpha value is -1.07. The lowest BCUT2D eigenvalue weighted by atomic mass is 10.2. The zero-order chi connectivity index (χ0) is 15.9. The van der Waals surface area contributed by atoms with E-state index in [0.717, 1.165) is 23.4 Å². The fraction of sp³-hybridized carbons (Fsp3) is 0.312. The van der Waals surface area contributed by atoms with Crippen LogP contribution in [-0.4, -0.2) is 26.0 Å². The molecule has 2 aromatic rings. The third-order valence-corrected chi connectivity index (χ3v) is 4.90. The molecule has 2 rings (SSSR count). The topological polar surface area (TPSA) is 33.5 Å². The number of hydrogen-bond donors (Lipinski definition) is 2. The van der Waals surface area contributed by atoms with Gasteiger partial charge in [-0.05, 0) is 30.0 Å². The van der Waals surface area contributed by atoms with Gasteiger partial charge in [-0.2, -0.15) is 0 Å². The van der Waals surface area contributed by atoms with Crippen LogP contribution in [0.15, 0.2) is 35.7 Å². The van der Waals surface area contributed by atoms with Crippen LogP contribution < -0.4 is 10.2 Å². The van der Waals surface area contributed by atoms with Gasteiger partial charge in [0.15, 0.2) is 6.54 Å². The standard InChI is InChI=1S/C16H18Cl2N2OS/c1-20(10-12-4-5-14(17)15(18)9-12)11-16(21)19-7-6-13-3-2-8-22-13/h2-5,8-9H,6-7,10-11H2,1H3,(H,19,21)/p+1. The molecule has 0 aliphatic rings. The van der Waals surface area contributed by atoms with Crippen LogP contribution in [-0.2, 0) is 17.8 Å². The molecule has 0 saturated carbocycles. The van der Waals surface area contributed by atoms with E-state index in [2.05, 4.69) is 11.4 Å². The fourth-order valence-electron chi connectivity index (χ4n) is 2.18. The van der Waals surface area contributed by atoms with Crippen molar-refractivity contribution in [1.29, 1.82) is 0 Å². The number of carbonyl (C=O) groups excluding carboxylic acids is 1. The first-order chi connectivity index (χ1) is 10.5. The number of carbonyl (C=O) groups is 1. The van der Waals surface area contributed by atoms with E-state index in [1.165, 1.54) is 4.88 Å². The molecule has 0 aliphatic heterocycles. The number of halogens is 2. The monoisotopic (exact) mass is 357 g/mol. The summed E-state index contributed by atoms with van der Waals surface area (Å²) >= 11 is 13.6. The zero-order valence-corrected chi connectivity index (χ0v) is 14.7. The number of hydrogen-bond acceptors (Lipinski definition) is 2. The quantitative estimate of drug-likeness (QED) is 0.783. The molecule has 3 nitrogen and oxygen atoms in total. The molecule has 1 heterocycles. The molecule has 2 N–H and O–H groups in total. The SMILES string of the molecule is C[NH+](CC(=O)NCCc1cccs1)Cc1ccc(Cl)c(Cl)c1. The van der Waals surface area contributed by atoms with Gasteiger partial charge in [0.2, 0.25) is 0 Å². The summed E-state index contributed by atoms with van der Waals surface area (Å²) in [6.07, 6.45) is 0.884. The Bertz CT molecular complexity index is 617. The van der Waals surface area contributed by atoms with Gasteiger partial charge in [-0.25, -0.2) is 0 Å². The van der Waals surface area contributed by atoms with Crippen LogP contribution in [0.1, 0.15) is 10.4 Å². The minimum atomic E-state index is 0.0640. The van der Waals surface area contributed by atoms with Gasteiger partial charge in [-0.3, -0.25) is 4.79 Å². The number of amides is 1. The van der Waals surface area contributed by atoms with Crippen LogP contribution in [0.5, 0.6) is 0 Å². The summed E-state index contributed by atoms with van der Waals surface area (Å²) in [7, 11) is 1.99. The molecule has 0 aliphatic carbocycles. The van der Waals surface area contributed by atoms with Crippen LogP contribution in [0, 0.1) is 0 Å². The second kappa shape index (κ2) is 8.53. The van der Waals surface area contributed by atoms with Crippen LogP contribution in [0.2, 0.25) is 10.0 Å². The van der Waals surface area contributed by atoms with E-state index in [4.69, 9.17) is 23.2 Å². The van der Waals surface area contributed by atoms with Crippen molar-refractivity contribution in [3.63, 3.8) is 0 Å². The van der Waals surface area contributed by atoms with E-state index in [1.807, 2.05) is 30.6 Å². The molecule has 1 aromatic heterocycles. The van der Waals surface area contributed by atoms with Crippen LogP contribution in [0.4, 0.5) is 0 Å². The van der Waals surface area contributed by atoms with Gasteiger partial charge in [-0.1, -0.05) is 35.3 Å². The molecule has 6 heteroatoms. The van der Waals surface area contributed by atoms with Crippen molar-refractivity contribution >= 4 is 40.4 Å². The van der Waals surface area contributed by atoms with Crippen molar-refractivity contribution in [2.45, 2.75) is 13.0 Å². The van der Waals surface area contributed by atoms with Gasteiger partial charge in [0.1, 0.15) is 6.54 Å². The third kappa shape index (κ3) is 5.61. The van der Waals surface area contributed by atoms with Gasteiger partial charge in [-0.15, -0.1) is 11.3 Å². The molecule has 22 heavy (non-hydrogen) atoms. The summed E-state index contributed by atoms with van der Waals surface area (Å²) < 4.78 is 0. The predicted molar refractivity (Wildman–Crippen MR) is 93.0 cm³/mol. The van der Waals surface area contributed by atoms with Crippen molar-refractivity contribution in [2.75, 3.05) is 20.1 Å². The summed E-state index contributed by atoms with van der Waals surface area (Å²) in [4.78, 5) is 14.3. The summed E-state index contributed by atoms with van der Waals surface area (Å²) in [6.45, 7) is 1.85. The van der Waals surface area contributed by atoms with Crippen molar-refractivity contribution in [3.8, 4) is 0 Å². The minimum Gasteiger partial charge on any atom is -0.351 e. The lowest BCUT2D eigenvalue weighted by Crippen LogP contribution is -3.08. The Morgan fingerprint density at radius 3 is 2.77 bits per heavy atom. The van der Waals surface area contributed by atoms with E-state index in [1.54, 1.807) is 17.4 Å². The Balaban J connectivity index is 1.72. The molecule has 1 atom stereocenters. The van der Waals surface area contributed by atoms with Gasteiger partial charge in [0.25, 0.3) is 5.91 Å². The second-order valence-electron chi connectivity index (χ2n) is 5.24. The highest BCUT2D eigenvalue weighted by molar-refractivity contribution is 7.09. The molecule has 0 radical (unpaired) electrons. The van der Waals surface area contributed by atoms with E-state index in [-0.39, 0.29) is 5.91 Å². The average molecular weight is 358 g/mol. The molecule has 0 bridgehead atoms. The fourth-order valence-corrected chi connectivity index (χ4v) is 3.21. The molecule has 1 unspecified atom stereocenters. The highest BCUT2D eigenvalue weighted by atomic mass is 35.5. The van der Waals surface area contributed by atoms with E-state index < -0.39 is 0 Å². The van der Waals surface area contributed by atoms with Gasteiger partial charge >= 0.3 is 0 Å². The molecule has 0 fully saturated rings. The zero-order valence-electron chi connectivity index (χ0n) is 12.4. The summed E-state index contributed by atoms with van der Waals surface area (Å²) in [5.74, 6) is 0.0640. The highest BCUT2D eigenvalue weighted by Crippen LogP contribution is 2.22. The molecule has 1 amide bonds.